The highest BCUT2D eigenvalue weighted by Gasteiger charge is 2.20. The summed E-state index contributed by atoms with van der Waals surface area (Å²) in [6, 6.07) is 3.89. The average Bonchev–Trinajstić information content (AvgIpc) is 2.84. The van der Waals surface area contributed by atoms with Gasteiger partial charge in [0.15, 0.2) is 5.65 Å². The predicted octanol–water partition coefficient (Wildman–Crippen LogP) is 4.88. The summed E-state index contributed by atoms with van der Waals surface area (Å²) in [6.07, 6.45) is 3.14. The number of aromatic nitrogens is 3. The molecule has 0 aromatic carbocycles. The van der Waals surface area contributed by atoms with Crippen LogP contribution in [0.2, 0.25) is 0 Å². The first-order valence-electron chi connectivity index (χ1n) is 11.0. The molecule has 172 valence electrons. The van der Waals surface area contributed by atoms with Gasteiger partial charge in [-0.1, -0.05) is 33.8 Å². The van der Waals surface area contributed by atoms with Gasteiger partial charge in [0, 0.05) is 19.6 Å². The van der Waals surface area contributed by atoms with Crippen LogP contribution in [0.1, 0.15) is 73.9 Å². The summed E-state index contributed by atoms with van der Waals surface area (Å²) in [6.45, 7) is 16.5. The standard InChI is InChI=1S/C24H38N4O3/c1-10-17(12-11-16(2)25-21(29)31-24(6,7)8)18-13-14-19-20(26-18)27(9)22(30)28(19)15-23(3,4)5/h12-14,16H,10-11,15H2,1-9H3,(H,25,29). The van der Waals surface area contributed by atoms with Crippen molar-refractivity contribution in [1.82, 2.24) is 19.4 Å². The molecule has 2 aromatic rings. The molecular weight excluding hydrogens is 392 g/mol. The molecule has 0 spiro atoms. The normalized spacial score (nSPS) is 14.0. The lowest BCUT2D eigenvalue weighted by molar-refractivity contribution is 0.0509. The van der Waals surface area contributed by atoms with Crippen LogP contribution >= 0.6 is 0 Å². The van der Waals surface area contributed by atoms with Crippen LogP contribution in [0.5, 0.6) is 0 Å². The van der Waals surface area contributed by atoms with Crippen LogP contribution in [0, 0.1) is 5.41 Å². The predicted molar refractivity (Wildman–Crippen MR) is 126 cm³/mol. The minimum Gasteiger partial charge on any atom is -0.444 e. The minimum atomic E-state index is -0.521. The van der Waals surface area contributed by atoms with Crippen molar-refractivity contribution in [2.24, 2.45) is 12.5 Å². The summed E-state index contributed by atoms with van der Waals surface area (Å²) >= 11 is 0. The summed E-state index contributed by atoms with van der Waals surface area (Å²) in [4.78, 5) is 29.5. The molecule has 7 nitrogen and oxygen atoms in total. The number of hydrogen-bond donors (Lipinski definition) is 1. The number of alkyl carbamates (subject to hydrolysis) is 1. The number of carbonyl (C=O) groups is 1. The Morgan fingerprint density at radius 3 is 2.42 bits per heavy atom. The second-order valence-electron chi connectivity index (χ2n) is 10.4. The summed E-state index contributed by atoms with van der Waals surface area (Å²) in [7, 11) is 1.77. The maximum absolute atomic E-state index is 12.8. The molecule has 0 fully saturated rings. The van der Waals surface area contributed by atoms with Gasteiger partial charge >= 0.3 is 11.8 Å². The van der Waals surface area contributed by atoms with Crippen molar-refractivity contribution in [3.8, 4) is 0 Å². The van der Waals surface area contributed by atoms with Crippen molar-refractivity contribution in [3.05, 3.63) is 34.4 Å². The van der Waals surface area contributed by atoms with E-state index in [9.17, 15) is 9.59 Å². The number of rotatable bonds is 6. The maximum atomic E-state index is 12.8. The fourth-order valence-corrected chi connectivity index (χ4v) is 3.40. The zero-order valence-electron chi connectivity index (χ0n) is 20.5. The van der Waals surface area contributed by atoms with Gasteiger partial charge in [0.1, 0.15) is 5.60 Å². The molecule has 1 N–H and O–H groups in total. The molecule has 2 heterocycles. The van der Waals surface area contributed by atoms with Gasteiger partial charge in [-0.2, -0.15) is 0 Å². The zero-order chi connectivity index (χ0) is 23.6. The number of fused-ring (bicyclic) bond motifs is 1. The Labute approximate surface area is 185 Å². The van der Waals surface area contributed by atoms with Gasteiger partial charge in [-0.15, -0.1) is 0 Å². The topological polar surface area (TPSA) is 78.2 Å². The fraction of sp³-hybridized carbons (Fsp3) is 0.625. The number of nitrogens with one attached hydrogen (secondary N) is 1. The Bertz CT molecular complexity index is 1020. The van der Waals surface area contributed by atoms with Gasteiger partial charge in [-0.25, -0.2) is 14.6 Å². The van der Waals surface area contributed by atoms with Gasteiger partial charge in [0.2, 0.25) is 0 Å². The lowest BCUT2D eigenvalue weighted by Crippen LogP contribution is -2.37. The molecule has 0 aliphatic heterocycles. The molecule has 31 heavy (non-hydrogen) atoms. The number of nitrogens with zero attached hydrogens (tertiary/aromatic N) is 3. The molecule has 1 atom stereocenters. The smallest absolute Gasteiger partial charge is 0.407 e. The van der Waals surface area contributed by atoms with E-state index < -0.39 is 11.7 Å². The lowest BCUT2D eigenvalue weighted by atomic mass is 9.97. The molecule has 2 rings (SSSR count). The number of amides is 1. The summed E-state index contributed by atoms with van der Waals surface area (Å²) in [5, 5.41) is 2.86. The molecule has 1 unspecified atom stereocenters. The SMILES string of the molecule is CCC(=CCC(C)NC(=O)OC(C)(C)C)c1ccc2c(n1)n(C)c(=O)n2CC(C)(C)C. The van der Waals surface area contributed by atoms with Crippen molar-refractivity contribution in [2.45, 2.75) is 86.4 Å². The third kappa shape index (κ3) is 6.71. The van der Waals surface area contributed by atoms with Crippen LogP contribution in [-0.2, 0) is 18.3 Å². The Kier molecular flexibility index (Phi) is 7.40. The number of aryl methyl sites for hydroxylation is 1. The van der Waals surface area contributed by atoms with E-state index in [1.807, 2.05) is 39.8 Å². The summed E-state index contributed by atoms with van der Waals surface area (Å²) < 4.78 is 8.73. The van der Waals surface area contributed by atoms with Crippen LogP contribution in [0.4, 0.5) is 4.79 Å². The second-order valence-corrected chi connectivity index (χ2v) is 10.4. The molecule has 0 aliphatic carbocycles. The third-order valence-corrected chi connectivity index (χ3v) is 4.80. The van der Waals surface area contributed by atoms with Gasteiger partial charge in [-0.3, -0.25) is 9.13 Å². The van der Waals surface area contributed by atoms with E-state index in [0.717, 1.165) is 23.2 Å². The van der Waals surface area contributed by atoms with Crippen LogP contribution in [0.15, 0.2) is 23.0 Å². The molecule has 0 aliphatic rings. The number of hydrogen-bond acceptors (Lipinski definition) is 4. The van der Waals surface area contributed by atoms with Crippen molar-refractivity contribution in [2.75, 3.05) is 0 Å². The molecular formula is C24H38N4O3. The second kappa shape index (κ2) is 9.28. The van der Waals surface area contributed by atoms with E-state index in [4.69, 9.17) is 9.72 Å². The van der Waals surface area contributed by atoms with E-state index in [2.05, 4.69) is 39.1 Å². The average molecular weight is 431 g/mol. The van der Waals surface area contributed by atoms with E-state index in [1.54, 1.807) is 16.2 Å². The Hall–Kier alpha value is -2.57. The first-order chi connectivity index (χ1) is 14.2. The Balaban J connectivity index is 2.25. The number of ether oxygens (including phenoxy) is 1. The monoisotopic (exact) mass is 430 g/mol. The molecule has 0 saturated carbocycles. The molecule has 7 heteroatoms. The van der Waals surface area contributed by atoms with E-state index in [1.165, 1.54) is 0 Å². The minimum absolute atomic E-state index is 0.0114. The van der Waals surface area contributed by atoms with Crippen molar-refractivity contribution in [1.29, 1.82) is 0 Å². The van der Waals surface area contributed by atoms with Crippen molar-refractivity contribution >= 4 is 22.8 Å². The largest absolute Gasteiger partial charge is 0.444 e. The highest BCUT2D eigenvalue weighted by Crippen LogP contribution is 2.23. The van der Waals surface area contributed by atoms with Gasteiger partial charge in [0.05, 0.1) is 11.2 Å². The van der Waals surface area contributed by atoms with Crippen LogP contribution in [0.3, 0.4) is 0 Å². The molecule has 1 amide bonds. The van der Waals surface area contributed by atoms with Gasteiger partial charge in [-0.05, 0) is 63.7 Å². The fourth-order valence-electron chi connectivity index (χ4n) is 3.40. The van der Waals surface area contributed by atoms with Crippen LogP contribution in [0.25, 0.3) is 16.7 Å². The highest BCUT2D eigenvalue weighted by atomic mass is 16.6. The first-order valence-corrected chi connectivity index (χ1v) is 11.0. The number of allylic oxidation sites excluding steroid dienone is 1. The maximum Gasteiger partial charge on any atom is 0.407 e. The van der Waals surface area contributed by atoms with Crippen molar-refractivity contribution < 1.29 is 9.53 Å². The molecule has 2 aromatic heterocycles. The van der Waals surface area contributed by atoms with E-state index in [-0.39, 0.29) is 17.1 Å². The summed E-state index contributed by atoms with van der Waals surface area (Å²) in [5.41, 5.74) is 2.88. The summed E-state index contributed by atoms with van der Waals surface area (Å²) in [5.74, 6) is 0. The van der Waals surface area contributed by atoms with Gasteiger partial charge < -0.3 is 10.1 Å². The molecule has 0 radical (unpaired) electrons. The Morgan fingerprint density at radius 1 is 1.23 bits per heavy atom. The highest BCUT2D eigenvalue weighted by molar-refractivity contribution is 5.76. The molecule has 0 saturated heterocycles. The van der Waals surface area contributed by atoms with Crippen LogP contribution in [-0.4, -0.2) is 31.9 Å². The van der Waals surface area contributed by atoms with Crippen molar-refractivity contribution in [3.63, 3.8) is 0 Å². The first kappa shape index (κ1) is 24.7. The number of pyridine rings is 1. The lowest BCUT2D eigenvalue weighted by Gasteiger charge is -2.21. The van der Waals surface area contributed by atoms with E-state index >= 15 is 0 Å². The quantitative estimate of drug-likeness (QED) is 0.709. The Morgan fingerprint density at radius 2 is 1.87 bits per heavy atom. The van der Waals surface area contributed by atoms with Crippen LogP contribution < -0.4 is 11.0 Å². The molecule has 0 bridgehead atoms. The zero-order valence-corrected chi connectivity index (χ0v) is 20.5. The number of carbonyl (C=O) groups excluding carboxylic acids is 1. The van der Waals surface area contributed by atoms with Gasteiger partial charge in [0.25, 0.3) is 0 Å². The number of imidazole rings is 1. The van der Waals surface area contributed by atoms with E-state index in [0.29, 0.717) is 18.6 Å². The third-order valence-electron chi connectivity index (χ3n) is 4.80.